The lowest BCUT2D eigenvalue weighted by Crippen LogP contribution is -2.31. The molecule has 0 atom stereocenters. The Hall–Kier alpha value is -3.04. The normalized spacial score (nSPS) is 16.4. The van der Waals surface area contributed by atoms with Gasteiger partial charge < -0.3 is 0 Å². The number of rotatable bonds is 2. The van der Waals surface area contributed by atoms with E-state index < -0.39 is 5.41 Å². The number of benzene rings is 3. The Kier molecular flexibility index (Phi) is 4.04. The van der Waals surface area contributed by atoms with Crippen LogP contribution in [0.3, 0.4) is 0 Å². The van der Waals surface area contributed by atoms with Crippen molar-refractivity contribution in [1.29, 1.82) is 0 Å². The summed E-state index contributed by atoms with van der Waals surface area (Å²) >= 11 is 1.81. The van der Waals surface area contributed by atoms with Gasteiger partial charge in [-0.1, -0.05) is 74.5 Å². The molecule has 0 radical (unpaired) electrons. The van der Waals surface area contributed by atoms with Crippen molar-refractivity contribution in [2.75, 3.05) is 0 Å². The van der Waals surface area contributed by atoms with Crippen LogP contribution in [0.1, 0.15) is 25.8 Å². The summed E-state index contributed by atoms with van der Waals surface area (Å²) in [5, 5.41) is 2.55. The summed E-state index contributed by atoms with van der Waals surface area (Å²) in [7, 11) is 0. The first-order valence-corrected chi connectivity index (χ1v) is 10.6. The fraction of sp³-hybridized carbons (Fsp3) is 0.154. The van der Waals surface area contributed by atoms with Gasteiger partial charge >= 0.3 is 0 Å². The standard InChI is InChI=1S/C26H20O2S/c1-26(2)15-18(27)14-22(25(26)28)17-12-10-16(11-13-17)19-7-5-8-21-20-6-3-4-9-23(20)29-24(19)21/h3-14H,15H2,1-2H3. The van der Waals surface area contributed by atoms with Crippen LogP contribution in [0.25, 0.3) is 36.9 Å². The second-order valence-corrected chi connectivity index (χ2v) is 9.32. The zero-order valence-corrected chi connectivity index (χ0v) is 17.2. The van der Waals surface area contributed by atoms with Crippen molar-refractivity contribution in [2.45, 2.75) is 20.3 Å². The highest BCUT2D eigenvalue weighted by molar-refractivity contribution is 7.26. The van der Waals surface area contributed by atoms with Gasteiger partial charge in [0.05, 0.1) is 0 Å². The molecule has 1 aliphatic carbocycles. The minimum atomic E-state index is -0.636. The molecule has 0 unspecified atom stereocenters. The Morgan fingerprint density at radius 1 is 0.793 bits per heavy atom. The zero-order valence-electron chi connectivity index (χ0n) is 16.4. The van der Waals surface area contributed by atoms with Gasteiger partial charge in [0.2, 0.25) is 0 Å². The monoisotopic (exact) mass is 396 g/mol. The van der Waals surface area contributed by atoms with Crippen molar-refractivity contribution < 1.29 is 9.59 Å². The molecule has 0 aliphatic heterocycles. The van der Waals surface area contributed by atoms with Crippen molar-refractivity contribution in [3.05, 3.63) is 78.4 Å². The van der Waals surface area contributed by atoms with E-state index in [1.54, 1.807) is 11.3 Å². The first kappa shape index (κ1) is 18.0. The highest BCUT2D eigenvalue weighted by Crippen LogP contribution is 2.40. The molecule has 5 rings (SSSR count). The largest absolute Gasteiger partial charge is 0.295 e. The second kappa shape index (κ2) is 6.50. The van der Waals surface area contributed by atoms with Gasteiger partial charge in [0.15, 0.2) is 11.6 Å². The zero-order chi connectivity index (χ0) is 20.2. The van der Waals surface area contributed by atoms with Gasteiger partial charge in [-0.15, -0.1) is 11.3 Å². The maximum atomic E-state index is 12.8. The third kappa shape index (κ3) is 2.93. The van der Waals surface area contributed by atoms with Gasteiger partial charge in [0.1, 0.15) is 0 Å². The lowest BCUT2D eigenvalue weighted by Gasteiger charge is -2.27. The number of allylic oxidation sites excluding steroid dienone is 2. The minimum Gasteiger partial charge on any atom is -0.295 e. The lowest BCUT2D eigenvalue weighted by atomic mass is 9.74. The first-order valence-electron chi connectivity index (χ1n) is 9.74. The summed E-state index contributed by atoms with van der Waals surface area (Å²) in [6, 6.07) is 22.9. The number of thiophene rings is 1. The number of hydrogen-bond donors (Lipinski definition) is 0. The molecule has 3 aromatic carbocycles. The number of ketones is 2. The van der Waals surface area contributed by atoms with E-state index in [0.717, 1.165) is 11.1 Å². The predicted molar refractivity (Wildman–Crippen MR) is 121 cm³/mol. The molecule has 1 heterocycles. The molecule has 4 aromatic rings. The predicted octanol–water partition coefficient (Wildman–Crippen LogP) is 6.67. The SMILES string of the molecule is CC1(C)CC(=O)C=C(c2ccc(-c3cccc4c3sc3ccccc34)cc2)C1=O. The summed E-state index contributed by atoms with van der Waals surface area (Å²) in [4.78, 5) is 24.9. The van der Waals surface area contributed by atoms with Crippen LogP contribution in [-0.2, 0) is 9.59 Å². The lowest BCUT2D eigenvalue weighted by molar-refractivity contribution is -0.127. The quantitative estimate of drug-likeness (QED) is 0.379. The topological polar surface area (TPSA) is 34.1 Å². The van der Waals surface area contributed by atoms with Gasteiger partial charge in [-0.3, -0.25) is 9.59 Å². The summed E-state index contributed by atoms with van der Waals surface area (Å²) in [6.45, 7) is 3.69. The highest BCUT2D eigenvalue weighted by atomic mass is 32.1. The van der Waals surface area contributed by atoms with Crippen LogP contribution >= 0.6 is 11.3 Å². The van der Waals surface area contributed by atoms with Crippen LogP contribution in [0.4, 0.5) is 0 Å². The number of Topliss-reactive ketones (excluding diaryl/α,β-unsaturated/α-hetero) is 1. The van der Waals surface area contributed by atoms with E-state index in [1.807, 2.05) is 26.0 Å². The molecule has 1 aliphatic rings. The average Bonchev–Trinajstić information content (AvgIpc) is 3.09. The van der Waals surface area contributed by atoms with Gasteiger partial charge in [0.25, 0.3) is 0 Å². The number of carbonyl (C=O) groups is 2. The first-order chi connectivity index (χ1) is 13.9. The van der Waals surface area contributed by atoms with E-state index in [0.29, 0.717) is 5.57 Å². The third-order valence-electron chi connectivity index (χ3n) is 5.69. The van der Waals surface area contributed by atoms with E-state index in [-0.39, 0.29) is 18.0 Å². The summed E-state index contributed by atoms with van der Waals surface area (Å²) in [5.74, 6) is 0.0557. The van der Waals surface area contributed by atoms with Crippen LogP contribution in [0, 0.1) is 5.41 Å². The van der Waals surface area contributed by atoms with E-state index in [4.69, 9.17) is 0 Å². The van der Waals surface area contributed by atoms with Crippen LogP contribution < -0.4 is 0 Å². The second-order valence-electron chi connectivity index (χ2n) is 8.27. The number of hydrogen-bond acceptors (Lipinski definition) is 3. The molecule has 3 heteroatoms. The van der Waals surface area contributed by atoms with Crippen LogP contribution in [-0.4, -0.2) is 11.6 Å². The van der Waals surface area contributed by atoms with Crippen LogP contribution in [0.5, 0.6) is 0 Å². The molecule has 2 nitrogen and oxygen atoms in total. The molecule has 0 saturated carbocycles. The van der Waals surface area contributed by atoms with Crippen LogP contribution in [0.15, 0.2) is 72.8 Å². The van der Waals surface area contributed by atoms with Crippen molar-refractivity contribution >= 4 is 48.6 Å². The molecule has 0 amide bonds. The highest BCUT2D eigenvalue weighted by Gasteiger charge is 2.36. The molecule has 0 fully saturated rings. The van der Waals surface area contributed by atoms with E-state index >= 15 is 0 Å². The van der Waals surface area contributed by atoms with E-state index in [2.05, 4.69) is 54.6 Å². The Bertz CT molecular complexity index is 1320. The number of fused-ring (bicyclic) bond motifs is 3. The van der Waals surface area contributed by atoms with Crippen LogP contribution in [0.2, 0.25) is 0 Å². The molecule has 29 heavy (non-hydrogen) atoms. The van der Waals surface area contributed by atoms with Gasteiger partial charge in [-0.05, 0) is 28.8 Å². The maximum Gasteiger partial charge on any atom is 0.169 e. The molecule has 0 N–H and O–H groups in total. The molecule has 1 aromatic heterocycles. The molecule has 0 spiro atoms. The summed E-state index contributed by atoms with van der Waals surface area (Å²) < 4.78 is 2.55. The van der Waals surface area contributed by atoms with Crippen molar-refractivity contribution in [2.24, 2.45) is 5.41 Å². The minimum absolute atomic E-state index is 0.0173. The molecule has 0 saturated heterocycles. The molecular formula is C26H20O2S. The Morgan fingerprint density at radius 2 is 1.48 bits per heavy atom. The van der Waals surface area contributed by atoms with E-state index in [1.165, 1.54) is 31.8 Å². The Balaban J connectivity index is 1.60. The fourth-order valence-corrected chi connectivity index (χ4v) is 5.41. The summed E-state index contributed by atoms with van der Waals surface area (Å²) in [6.07, 6.45) is 1.79. The average molecular weight is 397 g/mol. The molecule has 142 valence electrons. The molecular weight excluding hydrogens is 376 g/mol. The fourth-order valence-electron chi connectivity index (χ4n) is 4.18. The number of carbonyl (C=O) groups excluding carboxylic acids is 2. The smallest absolute Gasteiger partial charge is 0.169 e. The molecule has 0 bridgehead atoms. The van der Waals surface area contributed by atoms with Crippen molar-refractivity contribution in [3.8, 4) is 11.1 Å². The van der Waals surface area contributed by atoms with E-state index in [9.17, 15) is 9.59 Å². The van der Waals surface area contributed by atoms with Gasteiger partial charge in [0, 0.05) is 37.6 Å². The van der Waals surface area contributed by atoms with Crippen molar-refractivity contribution in [1.82, 2.24) is 0 Å². The van der Waals surface area contributed by atoms with Gasteiger partial charge in [-0.25, -0.2) is 0 Å². The Labute approximate surface area is 173 Å². The van der Waals surface area contributed by atoms with Crippen molar-refractivity contribution in [3.63, 3.8) is 0 Å². The Morgan fingerprint density at radius 3 is 2.28 bits per heavy atom. The summed E-state index contributed by atoms with van der Waals surface area (Å²) in [5.41, 5.74) is 3.00. The van der Waals surface area contributed by atoms with Gasteiger partial charge in [-0.2, -0.15) is 0 Å². The maximum absolute atomic E-state index is 12.8. The third-order valence-corrected chi connectivity index (χ3v) is 6.91.